The summed E-state index contributed by atoms with van der Waals surface area (Å²) in [4.78, 5) is 16.7. The summed E-state index contributed by atoms with van der Waals surface area (Å²) in [5.41, 5.74) is -1.61. The van der Waals surface area contributed by atoms with Crippen molar-refractivity contribution < 1.29 is 32.2 Å². The zero-order valence-corrected chi connectivity index (χ0v) is 23.4. The Labute approximate surface area is 235 Å². The second-order valence-corrected chi connectivity index (χ2v) is 11.7. The maximum absolute atomic E-state index is 15.8. The molecule has 220 valence electrons. The number of hydrogen-bond donors (Lipinski definition) is 1. The number of aromatic nitrogens is 3. The van der Waals surface area contributed by atoms with E-state index in [0.29, 0.717) is 29.8 Å². The average Bonchev–Trinajstić information content (AvgIpc) is 3.44. The quantitative estimate of drug-likeness (QED) is 0.377. The second kappa shape index (κ2) is 10.5. The molecule has 0 bridgehead atoms. The van der Waals surface area contributed by atoms with Gasteiger partial charge in [0.05, 0.1) is 36.3 Å². The lowest BCUT2D eigenvalue weighted by Crippen LogP contribution is -2.50. The van der Waals surface area contributed by atoms with Gasteiger partial charge in [-0.05, 0) is 68.3 Å². The molecule has 1 fully saturated rings. The van der Waals surface area contributed by atoms with Crippen molar-refractivity contribution in [1.29, 1.82) is 0 Å². The van der Waals surface area contributed by atoms with Crippen LogP contribution in [-0.2, 0) is 36.5 Å². The molecule has 0 spiro atoms. The van der Waals surface area contributed by atoms with Gasteiger partial charge in [-0.15, -0.1) is 10.2 Å². The van der Waals surface area contributed by atoms with Gasteiger partial charge in [-0.25, -0.2) is 4.39 Å². The van der Waals surface area contributed by atoms with Crippen molar-refractivity contribution in [3.8, 4) is 0 Å². The summed E-state index contributed by atoms with van der Waals surface area (Å²) in [6, 6.07) is 9.29. The van der Waals surface area contributed by atoms with E-state index in [1.165, 1.54) is 21.9 Å². The number of alkyl halides is 4. The molecule has 0 aliphatic carbocycles. The number of aliphatic hydroxyl groups is 1. The lowest BCUT2D eigenvalue weighted by Gasteiger charge is -2.43. The summed E-state index contributed by atoms with van der Waals surface area (Å²) in [5, 5.41) is 17.7. The molecule has 1 N–H and O–H groups in total. The van der Waals surface area contributed by atoms with Gasteiger partial charge >= 0.3 is 6.18 Å². The van der Waals surface area contributed by atoms with Crippen molar-refractivity contribution in [2.45, 2.75) is 56.7 Å². The number of fused-ring (bicyclic) bond motifs is 1. The molecule has 1 aromatic heterocycles. The topological polar surface area (TPSA) is 83.7 Å². The van der Waals surface area contributed by atoms with Crippen LogP contribution >= 0.6 is 0 Å². The predicted octanol–water partition coefficient (Wildman–Crippen LogP) is 4.57. The van der Waals surface area contributed by atoms with Crippen LogP contribution in [-0.4, -0.2) is 63.1 Å². The fourth-order valence-corrected chi connectivity index (χ4v) is 5.41. The van der Waals surface area contributed by atoms with Gasteiger partial charge in [-0.1, -0.05) is 12.1 Å². The second-order valence-electron chi connectivity index (χ2n) is 11.7. The Morgan fingerprint density at radius 1 is 1.20 bits per heavy atom. The van der Waals surface area contributed by atoms with Gasteiger partial charge in [0.15, 0.2) is 12.0 Å². The minimum atomic E-state index is -4.66. The number of aryl methyl sites for hydroxylation is 1. The van der Waals surface area contributed by atoms with Crippen molar-refractivity contribution in [1.82, 2.24) is 19.7 Å². The Bertz CT molecular complexity index is 1440. The minimum Gasteiger partial charge on any atom is -0.390 e. The summed E-state index contributed by atoms with van der Waals surface area (Å²) in [6.45, 7) is 3.89. The molecule has 0 unspecified atom stereocenters. The number of carbonyl (C=O) groups is 1. The molecule has 3 heterocycles. The molecular formula is C29H33F4N5O3. The minimum absolute atomic E-state index is 0.000240. The lowest BCUT2D eigenvalue weighted by molar-refractivity contribution is -0.138. The molecule has 0 saturated carbocycles. The molecule has 1 saturated heterocycles. The Balaban J connectivity index is 1.45. The summed E-state index contributed by atoms with van der Waals surface area (Å²) in [5.74, 6) is -0.411. The smallest absolute Gasteiger partial charge is 0.390 e. The van der Waals surface area contributed by atoms with Gasteiger partial charge < -0.3 is 24.2 Å². The van der Waals surface area contributed by atoms with E-state index in [-0.39, 0.29) is 43.3 Å². The standard InChI is InChI=1S/C29H33F4N5O3/c1-27(2,40)8-9-36(3)13-18-10-21-22(23(11-18)29(31,32)33)14-38(26(21)39)20-7-5-6-19(12-20)28(15-41-16-28)24(30)25-35-34-17-37(25)4/h5-7,10-12,17,24,40H,8-9,13-16H2,1-4H3/t24-/m1/s1. The van der Waals surface area contributed by atoms with E-state index in [9.17, 15) is 23.1 Å². The van der Waals surface area contributed by atoms with Crippen LogP contribution in [0.5, 0.6) is 0 Å². The number of amides is 1. The first-order chi connectivity index (χ1) is 19.2. The lowest BCUT2D eigenvalue weighted by atomic mass is 9.74. The Morgan fingerprint density at radius 3 is 2.51 bits per heavy atom. The van der Waals surface area contributed by atoms with Crippen molar-refractivity contribution in [2.75, 3.05) is 31.7 Å². The molecule has 0 radical (unpaired) electrons. The van der Waals surface area contributed by atoms with Crippen molar-refractivity contribution in [2.24, 2.45) is 7.05 Å². The molecular weight excluding hydrogens is 542 g/mol. The van der Waals surface area contributed by atoms with Crippen LogP contribution in [0.2, 0.25) is 0 Å². The van der Waals surface area contributed by atoms with Crippen LogP contribution in [0, 0.1) is 0 Å². The van der Waals surface area contributed by atoms with Gasteiger partial charge in [0.2, 0.25) is 0 Å². The van der Waals surface area contributed by atoms with Gasteiger partial charge in [0.1, 0.15) is 6.33 Å². The largest absolute Gasteiger partial charge is 0.416 e. The number of benzene rings is 2. The van der Waals surface area contributed by atoms with E-state index in [2.05, 4.69) is 10.2 Å². The molecule has 1 atom stereocenters. The fraction of sp³-hybridized carbons (Fsp3) is 0.483. The maximum atomic E-state index is 15.8. The molecule has 2 aliphatic heterocycles. The highest BCUT2D eigenvalue weighted by Crippen LogP contribution is 2.46. The summed E-state index contributed by atoms with van der Waals surface area (Å²) in [7, 11) is 3.40. The average molecular weight is 576 g/mol. The number of carbonyl (C=O) groups excluding carboxylic acids is 1. The Hall–Kier alpha value is -3.35. The highest BCUT2D eigenvalue weighted by Gasteiger charge is 2.51. The fourth-order valence-electron chi connectivity index (χ4n) is 5.41. The normalized spacial score (nSPS) is 17.6. The number of rotatable bonds is 9. The van der Waals surface area contributed by atoms with E-state index in [0.717, 1.165) is 6.07 Å². The zero-order valence-electron chi connectivity index (χ0n) is 23.4. The molecule has 1 amide bonds. The molecule has 2 aromatic carbocycles. The van der Waals surface area contributed by atoms with E-state index in [1.54, 1.807) is 52.2 Å². The maximum Gasteiger partial charge on any atom is 0.416 e. The molecule has 8 nitrogen and oxygen atoms in total. The monoisotopic (exact) mass is 575 g/mol. The van der Waals surface area contributed by atoms with E-state index < -0.39 is 34.8 Å². The first-order valence-corrected chi connectivity index (χ1v) is 13.3. The summed E-state index contributed by atoms with van der Waals surface area (Å²) in [6.07, 6.45) is -4.36. The molecule has 12 heteroatoms. The van der Waals surface area contributed by atoms with Crippen molar-refractivity contribution in [3.05, 3.63) is 76.4 Å². The SMILES string of the molecule is CN(CCC(C)(C)O)Cc1cc2c(c(C(F)(F)F)c1)CN(c1cccc(C3([C@H](F)c4nncn4C)COC3)c1)C2=O. The third-order valence-corrected chi connectivity index (χ3v) is 7.87. The van der Waals surface area contributed by atoms with Gasteiger partial charge in [0, 0.05) is 31.4 Å². The van der Waals surface area contributed by atoms with Crippen LogP contribution in [0.1, 0.15) is 64.9 Å². The zero-order chi connectivity index (χ0) is 29.7. The number of ether oxygens (including phenoxy) is 1. The first kappa shape index (κ1) is 29.2. The number of anilines is 1. The van der Waals surface area contributed by atoms with Gasteiger partial charge in [-0.2, -0.15) is 13.2 Å². The number of hydrogen-bond acceptors (Lipinski definition) is 6. The van der Waals surface area contributed by atoms with Crippen molar-refractivity contribution >= 4 is 11.6 Å². The third kappa shape index (κ3) is 5.60. The summed E-state index contributed by atoms with van der Waals surface area (Å²) < 4.78 is 65.4. The molecule has 2 aliphatic rings. The first-order valence-electron chi connectivity index (χ1n) is 13.3. The van der Waals surface area contributed by atoms with E-state index in [1.807, 2.05) is 4.90 Å². The van der Waals surface area contributed by atoms with Crippen LogP contribution in [0.3, 0.4) is 0 Å². The van der Waals surface area contributed by atoms with Gasteiger partial charge in [0.25, 0.3) is 5.91 Å². The van der Waals surface area contributed by atoms with Crippen LogP contribution in [0.4, 0.5) is 23.2 Å². The highest BCUT2D eigenvalue weighted by molar-refractivity contribution is 6.10. The molecule has 41 heavy (non-hydrogen) atoms. The molecule has 3 aromatic rings. The third-order valence-electron chi connectivity index (χ3n) is 7.87. The van der Waals surface area contributed by atoms with E-state index >= 15 is 4.39 Å². The van der Waals surface area contributed by atoms with E-state index in [4.69, 9.17) is 4.74 Å². The van der Waals surface area contributed by atoms with Crippen LogP contribution in [0.15, 0.2) is 42.7 Å². The van der Waals surface area contributed by atoms with Crippen LogP contribution in [0.25, 0.3) is 0 Å². The Kier molecular flexibility index (Phi) is 7.46. The van der Waals surface area contributed by atoms with Gasteiger partial charge in [-0.3, -0.25) is 4.79 Å². The summed E-state index contributed by atoms with van der Waals surface area (Å²) >= 11 is 0. The van der Waals surface area contributed by atoms with Crippen molar-refractivity contribution in [3.63, 3.8) is 0 Å². The molecule has 5 rings (SSSR count). The predicted molar refractivity (Wildman–Crippen MR) is 143 cm³/mol. The highest BCUT2D eigenvalue weighted by atomic mass is 19.4. The number of nitrogens with zero attached hydrogens (tertiary/aromatic N) is 5. The van der Waals surface area contributed by atoms with Crippen LogP contribution < -0.4 is 4.90 Å². The Morgan fingerprint density at radius 2 is 1.93 bits per heavy atom. The number of halogens is 4.